The maximum absolute atomic E-state index is 13.6. The SMILES string of the molecule is Nc1onc(-c2cc(F)cc(C(F)(F)F)c2)c1-c1ccncn1. The van der Waals surface area contributed by atoms with E-state index < -0.39 is 17.6 Å². The molecule has 0 aliphatic heterocycles. The van der Waals surface area contributed by atoms with E-state index in [-0.39, 0.29) is 22.7 Å². The van der Waals surface area contributed by atoms with Crippen molar-refractivity contribution in [3.63, 3.8) is 0 Å². The number of nitrogens with zero attached hydrogens (tertiary/aromatic N) is 3. The fourth-order valence-corrected chi connectivity index (χ4v) is 2.08. The molecule has 0 atom stereocenters. The fourth-order valence-electron chi connectivity index (χ4n) is 2.08. The van der Waals surface area contributed by atoms with Gasteiger partial charge in [0.05, 0.1) is 16.8 Å². The van der Waals surface area contributed by atoms with E-state index in [1.165, 1.54) is 18.6 Å². The van der Waals surface area contributed by atoms with Gasteiger partial charge in [0.1, 0.15) is 17.8 Å². The van der Waals surface area contributed by atoms with Crippen LogP contribution in [-0.2, 0) is 6.18 Å². The second-order valence-corrected chi connectivity index (χ2v) is 4.59. The van der Waals surface area contributed by atoms with Gasteiger partial charge in [-0.05, 0) is 24.3 Å². The number of nitrogen functional groups attached to an aromatic ring is 1. The van der Waals surface area contributed by atoms with Crippen molar-refractivity contribution in [3.8, 4) is 22.5 Å². The Kier molecular flexibility index (Phi) is 3.47. The molecule has 5 nitrogen and oxygen atoms in total. The van der Waals surface area contributed by atoms with Crippen LogP contribution in [-0.4, -0.2) is 15.1 Å². The van der Waals surface area contributed by atoms with Crippen LogP contribution in [0.5, 0.6) is 0 Å². The van der Waals surface area contributed by atoms with E-state index in [1.54, 1.807) is 0 Å². The average Bonchev–Trinajstić information content (AvgIpc) is 2.88. The highest BCUT2D eigenvalue weighted by Crippen LogP contribution is 2.38. The van der Waals surface area contributed by atoms with Crippen LogP contribution in [0.25, 0.3) is 22.5 Å². The molecule has 9 heteroatoms. The van der Waals surface area contributed by atoms with E-state index >= 15 is 0 Å². The van der Waals surface area contributed by atoms with Crippen molar-refractivity contribution in [3.05, 3.63) is 48.2 Å². The zero-order chi connectivity index (χ0) is 16.6. The van der Waals surface area contributed by atoms with Gasteiger partial charge in [-0.15, -0.1) is 0 Å². The predicted octanol–water partition coefficient (Wildman–Crippen LogP) is 3.54. The number of rotatable bonds is 2. The van der Waals surface area contributed by atoms with Crippen molar-refractivity contribution in [2.45, 2.75) is 6.18 Å². The predicted molar refractivity (Wildman–Crippen MR) is 72.3 cm³/mol. The minimum Gasteiger partial charge on any atom is -0.367 e. The number of anilines is 1. The Labute approximate surface area is 126 Å². The molecule has 0 saturated heterocycles. The number of hydrogen-bond acceptors (Lipinski definition) is 5. The van der Waals surface area contributed by atoms with Gasteiger partial charge in [-0.25, -0.2) is 14.4 Å². The van der Waals surface area contributed by atoms with Crippen LogP contribution in [0.2, 0.25) is 0 Å². The molecule has 0 aliphatic carbocycles. The molecule has 0 unspecified atom stereocenters. The van der Waals surface area contributed by atoms with E-state index in [1.807, 2.05) is 0 Å². The molecule has 2 aromatic heterocycles. The first-order valence-corrected chi connectivity index (χ1v) is 6.26. The molecule has 23 heavy (non-hydrogen) atoms. The Bertz CT molecular complexity index is 846. The standard InChI is InChI=1S/C14H8F4N4O/c15-9-4-7(3-8(5-9)14(16,17)18)12-11(13(19)23-22-12)10-1-2-20-6-21-10/h1-6H,19H2. The van der Waals surface area contributed by atoms with Gasteiger partial charge in [-0.3, -0.25) is 0 Å². The molecule has 0 amide bonds. The Balaban J connectivity index is 2.20. The Morgan fingerprint density at radius 3 is 2.57 bits per heavy atom. The largest absolute Gasteiger partial charge is 0.416 e. The van der Waals surface area contributed by atoms with Crippen molar-refractivity contribution in [2.75, 3.05) is 5.73 Å². The normalized spacial score (nSPS) is 11.7. The average molecular weight is 324 g/mol. The molecular formula is C14H8F4N4O. The molecule has 0 aliphatic rings. The van der Waals surface area contributed by atoms with Crippen LogP contribution >= 0.6 is 0 Å². The monoisotopic (exact) mass is 324 g/mol. The summed E-state index contributed by atoms with van der Waals surface area (Å²) in [7, 11) is 0. The number of nitrogens with two attached hydrogens (primary N) is 1. The molecule has 0 saturated carbocycles. The zero-order valence-corrected chi connectivity index (χ0v) is 11.3. The molecule has 1 aromatic carbocycles. The van der Waals surface area contributed by atoms with Crippen LogP contribution in [0.15, 0.2) is 41.3 Å². The number of aromatic nitrogens is 3. The van der Waals surface area contributed by atoms with Crippen molar-refractivity contribution < 1.29 is 22.1 Å². The minimum atomic E-state index is -4.69. The van der Waals surface area contributed by atoms with Crippen LogP contribution in [0.3, 0.4) is 0 Å². The third-order valence-corrected chi connectivity index (χ3v) is 3.06. The first kappa shape index (κ1) is 14.9. The molecule has 0 radical (unpaired) electrons. The Morgan fingerprint density at radius 1 is 1.13 bits per heavy atom. The van der Waals surface area contributed by atoms with Gasteiger partial charge in [-0.1, -0.05) is 5.16 Å². The smallest absolute Gasteiger partial charge is 0.367 e. The highest BCUT2D eigenvalue weighted by molar-refractivity contribution is 5.85. The summed E-state index contributed by atoms with van der Waals surface area (Å²) in [5.74, 6) is -1.19. The number of benzene rings is 1. The highest BCUT2D eigenvalue weighted by atomic mass is 19.4. The molecule has 2 N–H and O–H groups in total. The van der Waals surface area contributed by atoms with Gasteiger partial charge < -0.3 is 10.3 Å². The summed E-state index contributed by atoms with van der Waals surface area (Å²) in [5, 5.41) is 3.63. The van der Waals surface area contributed by atoms with Gasteiger partial charge in [0.25, 0.3) is 0 Å². The van der Waals surface area contributed by atoms with Gasteiger partial charge in [0, 0.05) is 11.8 Å². The van der Waals surface area contributed by atoms with E-state index in [4.69, 9.17) is 10.3 Å². The topological polar surface area (TPSA) is 77.8 Å². The molecule has 2 heterocycles. The lowest BCUT2D eigenvalue weighted by atomic mass is 10.0. The Hall–Kier alpha value is -2.97. The summed E-state index contributed by atoms with van der Waals surface area (Å²) in [6.07, 6.45) is -2.04. The summed E-state index contributed by atoms with van der Waals surface area (Å²) in [6, 6.07) is 3.57. The molecule has 0 bridgehead atoms. The van der Waals surface area contributed by atoms with Crippen molar-refractivity contribution in [1.29, 1.82) is 0 Å². The third-order valence-electron chi connectivity index (χ3n) is 3.06. The van der Waals surface area contributed by atoms with Gasteiger partial charge in [0.15, 0.2) is 0 Å². The molecule has 0 fully saturated rings. The van der Waals surface area contributed by atoms with Crippen LogP contribution in [0, 0.1) is 5.82 Å². The first-order valence-electron chi connectivity index (χ1n) is 6.26. The van der Waals surface area contributed by atoms with E-state index in [0.29, 0.717) is 11.8 Å². The van der Waals surface area contributed by atoms with Gasteiger partial charge in [0.2, 0.25) is 5.88 Å². The fraction of sp³-hybridized carbons (Fsp3) is 0.0714. The van der Waals surface area contributed by atoms with E-state index in [9.17, 15) is 17.6 Å². The molecule has 118 valence electrons. The first-order chi connectivity index (χ1) is 10.9. The van der Waals surface area contributed by atoms with E-state index in [0.717, 1.165) is 12.1 Å². The number of alkyl halides is 3. The van der Waals surface area contributed by atoms with Crippen LogP contribution < -0.4 is 5.73 Å². The summed E-state index contributed by atoms with van der Waals surface area (Å²) >= 11 is 0. The van der Waals surface area contributed by atoms with E-state index in [2.05, 4.69) is 15.1 Å². The van der Waals surface area contributed by atoms with Crippen molar-refractivity contribution >= 4 is 5.88 Å². The second-order valence-electron chi connectivity index (χ2n) is 4.59. The Morgan fingerprint density at radius 2 is 1.91 bits per heavy atom. The lowest BCUT2D eigenvalue weighted by molar-refractivity contribution is -0.137. The van der Waals surface area contributed by atoms with Crippen molar-refractivity contribution in [1.82, 2.24) is 15.1 Å². The molecule has 3 aromatic rings. The van der Waals surface area contributed by atoms with Crippen LogP contribution in [0.1, 0.15) is 5.56 Å². The second kappa shape index (κ2) is 5.34. The molecular weight excluding hydrogens is 316 g/mol. The van der Waals surface area contributed by atoms with Crippen LogP contribution in [0.4, 0.5) is 23.4 Å². The number of hydrogen-bond donors (Lipinski definition) is 1. The lowest BCUT2D eigenvalue weighted by Gasteiger charge is -2.09. The maximum atomic E-state index is 13.6. The maximum Gasteiger partial charge on any atom is 0.416 e. The molecule has 0 spiro atoms. The van der Waals surface area contributed by atoms with Gasteiger partial charge >= 0.3 is 6.18 Å². The summed E-state index contributed by atoms with van der Waals surface area (Å²) in [5.41, 5.74) is 4.85. The third kappa shape index (κ3) is 2.85. The lowest BCUT2D eigenvalue weighted by Crippen LogP contribution is -2.05. The van der Waals surface area contributed by atoms with Gasteiger partial charge in [-0.2, -0.15) is 13.2 Å². The zero-order valence-electron chi connectivity index (χ0n) is 11.3. The van der Waals surface area contributed by atoms with Crippen molar-refractivity contribution in [2.24, 2.45) is 0 Å². The highest BCUT2D eigenvalue weighted by Gasteiger charge is 2.32. The quantitative estimate of drug-likeness (QED) is 0.730. The molecule has 3 rings (SSSR count). The summed E-state index contributed by atoms with van der Waals surface area (Å²) < 4.78 is 56.9. The summed E-state index contributed by atoms with van der Waals surface area (Å²) in [6.45, 7) is 0. The summed E-state index contributed by atoms with van der Waals surface area (Å²) in [4.78, 5) is 7.69. The minimum absolute atomic E-state index is 0.0359. The number of halogens is 4.